The fraction of sp³-hybridized carbons (Fsp3) is 0.882. The highest BCUT2D eigenvalue weighted by Gasteiger charge is 2.29. The van der Waals surface area contributed by atoms with Crippen molar-refractivity contribution in [2.24, 2.45) is 5.92 Å². The van der Waals surface area contributed by atoms with Gasteiger partial charge >= 0.3 is 12.1 Å². The van der Waals surface area contributed by atoms with E-state index in [1.54, 1.807) is 0 Å². The number of rotatable bonds is 6. The van der Waals surface area contributed by atoms with Gasteiger partial charge in [0.15, 0.2) is 0 Å². The molecule has 6 nitrogen and oxygen atoms in total. The lowest BCUT2D eigenvalue weighted by molar-refractivity contribution is -0.141. The van der Waals surface area contributed by atoms with Crippen molar-refractivity contribution in [3.8, 4) is 0 Å². The van der Waals surface area contributed by atoms with Crippen LogP contribution in [0.1, 0.15) is 53.4 Å². The van der Waals surface area contributed by atoms with Gasteiger partial charge in [-0.25, -0.2) is 4.79 Å². The first kappa shape index (κ1) is 19.7. The Hall–Kier alpha value is -1.30. The molecule has 6 heteroatoms. The summed E-state index contributed by atoms with van der Waals surface area (Å²) in [6, 6.07) is 0.0628. The van der Waals surface area contributed by atoms with Gasteiger partial charge in [-0.3, -0.25) is 4.79 Å². The second-order valence-corrected chi connectivity index (χ2v) is 7.32. The molecule has 2 unspecified atom stereocenters. The second kappa shape index (κ2) is 9.11. The lowest BCUT2D eigenvalue weighted by Crippen LogP contribution is -2.52. The number of piperidine rings is 1. The van der Waals surface area contributed by atoms with Crippen LogP contribution in [0.2, 0.25) is 0 Å². The fourth-order valence-corrected chi connectivity index (χ4v) is 3.03. The molecule has 1 fully saturated rings. The summed E-state index contributed by atoms with van der Waals surface area (Å²) in [5.74, 6) is 0.339. The molecular weight excluding hydrogens is 296 g/mol. The number of nitrogens with one attached hydrogen (secondary N) is 1. The number of esters is 1. The summed E-state index contributed by atoms with van der Waals surface area (Å²) < 4.78 is 10.1. The molecule has 1 saturated heterocycles. The van der Waals surface area contributed by atoms with Crippen LogP contribution < -0.4 is 5.32 Å². The Bertz CT molecular complexity index is 393. The van der Waals surface area contributed by atoms with E-state index in [4.69, 9.17) is 9.47 Å². The summed E-state index contributed by atoms with van der Waals surface area (Å²) in [7, 11) is 1.41. The van der Waals surface area contributed by atoms with E-state index < -0.39 is 5.60 Å². The molecule has 134 valence electrons. The predicted octanol–water partition coefficient (Wildman–Crippen LogP) is 2.56. The van der Waals surface area contributed by atoms with Crippen LogP contribution in [-0.4, -0.2) is 55.3 Å². The molecule has 0 aromatic heterocycles. The van der Waals surface area contributed by atoms with E-state index in [0.717, 1.165) is 32.4 Å². The van der Waals surface area contributed by atoms with Crippen molar-refractivity contribution < 1.29 is 19.1 Å². The molecule has 1 aliphatic heterocycles. The number of amides is 1. The van der Waals surface area contributed by atoms with Gasteiger partial charge in [-0.1, -0.05) is 13.3 Å². The molecule has 0 aliphatic carbocycles. The molecule has 23 heavy (non-hydrogen) atoms. The number of likely N-dealkylation sites (tertiary alicyclic amines) is 1. The Labute approximate surface area is 139 Å². The first-order chi connectivity index (χ1) is 10.7. The van der Waals surface area contributed by atoms with E-state index in [1.807, 2.05) is 20.8 Å². The largest absolute Gasteiger partial charge is 0.469 e. The summed E-state index contributed by atoms with van der Waals surface area (Å²) in [6.45, 7) is 10.1. The third-order valence-electron chi connectivity index (χ3n) is 3.89. The zero-order chi connectivity index (χ0) is 17.5. The maximum Gasteiger partial charge on any atom is 0.407 e. The molecule has 1 heterocycles. The highest BCUT2D eigenvalue weighted by Crippen LogP contribution is 2.22. The Kier molecular flexibility index (Phi) is 7.82. The number of hydrogen-bond donors (Lipinski definition) is 1. The summed E-state index contributed by atoms with van der Waals surface area (Å²) in [6.07, 6.45) is 3.22. The number of nitrogens with zero attached hydrogens (tertiary/aromatic N) is 1. The monoisotopic (exact) mass is 328 g/mol. The van der Waals surface area contributed by atoms with E-state index >= 15 is 0 Å². The Balaban J connectivity index is 2.56. The number of methoxy groups -OCH3 is 1. The maximum absolute atomic E-state index is 12.0. The zero-order valence-corrected chi connectivity index (χ0v) is 15.2. The minimum atomic E-state index is -0.494. The van der Waals surface area contributed by atoms with Gasteiger partial charge in [0.2, 0.25) is 0 Å². The van der Waals surface area contributed by atoms with Crippen molar-refractivity contribution >= 4 is 12.1 Å². The van der Waals surface area contributed by atoms with Crippen LogP contribution in [0.4, 0.5) is 4.79 Å². The number of ether oxygens (including phenoxy) is 2. The van der Waals surface area contributed by atoms with E-state index in [-0.39, 0.29) is 18.1 Å². The Morgan fingerprint density at radius 3 is 2.52 bits per heavy atom. The average Bonchev–Trinajstić information content (AvgIpc) is 2.42. The maximum atomic E-state index is 12.0. The van der Waals surface area contributed by atoms with E-state index in [1.165, 1.54) is 7.11 Å². The zero-order valence-electron chi connectivity index (χ0n) is 15.2. The van der Waals surface area contributed by atoms with Crippen molar-refractivity contribution in [3.63, 3.8) is 0 Å². The molecule has 1 amide bonds. The molecule has 0 bridgehead atoms. The molecular formula is C17H32N2O4. The molecule has 1 rings (SSSR count). The number of carbonyl (C=O) groups excluding carboxylic acids is 2. The van der Waals surface area contributed by atoms with Crippen LogP contribution in [0, 0.1) is 5.92 Å². The van der Waals surface area contributed by atoms with Gasteiger partial charge in [-0.05, 0) is 39.5 Å². The van der Waals surface area contributed by atoms with Crippen LogP contribution >= 0.6 is 0 Å². The number of hydrogen-bond acceptors (Lipinski definition) is 5. The van der Waals surface area contributed by atoms with Crippen molar-refractivity contribution in [1.29, 1.82) is 0 Å². The third-order valence-corrected chi connectivity index (χ3v) is 3.89. The lowest BCUT2D eigenvalue weighted by atomic mass is 9.90. The highest BCUT2D eigenvalue weighted by atomic mass is 16.6. The molecule has 0 spiro atoms. The van der Waals surface area contributed by atoms with E-state index in [9.17, 15) is 9.59 Å². The lowest BCUT2D eigenvalue weighted by Gasteiger charge is -2.38. The average molecular weight is 328 g/mol. The fourth-order valence-electron chi connectivity index (χ4n) is 3.03. The summed E-state index contributed by atoms with van der Waals surface area (Å²) >= 11 is 0. The first-order valence-electron chi connectivity index (χ1n) is 8.52. The van der Waals surface area contributed by atoms with Crippen LogP contribution in [0.25, 0.3) is 0 Å². The molecule has 0 radical (unpaired) electrons. The van der Waals surface area contributed by atoms with Crippen LogP contribution in [0.5, 0.6) is 0 Å². The minimum Gasteiger partial charge on any atom is -0.469 e. The Morgan fingerprint density at radius 1 is 1.26 bits per heavy atom. The van der Waals surface area contributed by atoms with Crippen LogP contribution in [-0.2, 0) is 14.3 Å². The second-order valence-electron chi connectivity index (χ2n) is 7.32. The molecule has 0 aromatic carbocycles. The summed E-state index contributed by atoms with van der Waals surface area (Å²) in [5.41, 5.74) is -0.494. The molecule has 1 aliphatic rings. The number of carbonyl (C=O) groups is 2. The molecule has 2 atom stereocenters. The molecule has 0 aromatic rings. The van der Waals surface area contributed by atoms with Gasteiger partial charge in [0.25, 0.3) is 0 Å². The third kappa shape index (κ3) is 8.21. The summed E-state index contributed by atoms with van der Waals surface area (Å²) in [4.78, 5) is 25.6. The van der Waals surface area contributed by atoms with Crippen molar-refractivity contribution in [1.82, 2.24) is 10.2 Å². The number of alkyl carbamates (subject to hydrolysis) is 1. The standard InChI is InChI=1S/C17H32N2O4/c1-6-7-13-10-14(18-16(21)23-17(2,3)4)12-19(11-13)9-8-15(20)22-5/h13-14H,6-12H2,1-5H3,(H,18,21). The van der Waals surface area contributed by atoms with Gasteiger partial charge in [0.1, 0.15) is 5.60 Å². The van der Waals surface area contributed by atoms with Crippen LogP contribution in [0.3, 0.4) is 0 Å². The minimum absolute atomic E-state index is 0.0628. The van der Waals surface area contributed by atoms with Gasteiger partial charge in [0.05, 0.1) is 13.5 Å². The van der Waals surface area contributed by atoms with Crippen molar-refractivity contribution in [2.45, 2.75) is 65.0 Å². The van der Waals surface area contributed by atoms with Gasteiger partial charge < -0.3 is 19.7 Å². The Morgan fingerprint density at radius 2 is 1.96 bits per heavy atom. The quantitative estimate of drug-likeness (QED) is 0.759. The van der Waals surface area contributed by atoms with Crippen molar-refractivity contribution in [2.75, 3.05) is 26.7 Å². The summed E-state index contributed by atoms with van der Waals surface area (Å²) in [5, 5.41) is 2.98. The predicted molar refractivity (Wildman–Crippen MR) is 89.2 cm³/mol. The van der Waals surface area contributed by atoms with Gasteiger partial charge in [-0.2, -0.15) is 0 Å². The van der Waals surface area contributed by atoms with Gasteiger partial charge in [-0.15, -0.1) is 0 Å². The van der Waals surface area contributed by atoms with Gasteiger partial charge in [0, 0.05) is 25.7 Å². The molecule has 1 N–H and O–H groups in total. The van der Waals surface area contributed by atoms with E-state index in [2.05, 4.69) is 17.1 Å². The highest BCUT2D eigenvalue weighted by molar-refractivity contribution is 5.69. The topological polar surface area (TPSA) is 67.9 Å². The molecule has 0 saturated carbocycles. The SMILES string of the molecule is CCCC1CC(NC(=O)OC(C)(C)C)CN(CCC(=O)OC)C1. The van der Waals surface area contributed by atoms with Crippen molar-refractivity contribution in [3.05, 3.63) is 0 Å². The smallest absolute Gasteiger partial charge is 0.407 e. The first-order valence-corrected chi connectivity index (χ1v) is 8.52. The van der Waals surface area contributed by atoms with E-state index in [0.29, 0.717) is 18.9 Å². The normalized spacial score (nSPS) is 22.5. The van der Waals surface area contributed by atoms with Crippen LogP contribution in [0.15, 0.2) is 0 Å².